The van der Waals surface area contributed by atoms with Crippen molar-refractivity contribution < 1.29 is 14.3 Å². The molecule has 0 atom stereocenters. The number of methoxy groups -OCH3 is 1. The molecule has 0 saturated heterocycles. The van der Waals surface area contributed by atoms with Gasteiger partial charge in [-0.15, -0.1) is 10.2 Å². The standard InChI is InChI=1S/C22H22N4O3/c1-4-15-7-5-6-14(2)20(15)24-19-13-12-18(25-26-19)21(27)23-17-10-8-16(9-11-17)22(28)29-3/h5-13H,4H2,1-3H3,(H,23,27)(H,24,26). The zero-order valence-corrected chi connectivity index (χ0v) is 16.5. The molecule has 0 fully saturated rings. The van der Waals surface area contributed by atoms with Gasteiger partial charge in [-0.1, -0.05) is 25.1 Å². The van der Waals surface area contributed by atoms with Crippen LogP contribution < -0.4 is 10.6 Å². The van der Waals surface area contributed by atoms with Gasteiger partial charge < -0.3 is 15.4 Å². The highest BCUT2D eigenvalue weighted by molar-refractivity contribution is 6.03. The molecular weight excluding hydrogens is 368 g/mol. The molecule has 0 aliphatic heterocycles. The summed E-state index contributed by atoms with van der Waals surface area (Å²) in [6.07, 6.45) is 0.896. The van der Waals surface area contributed by atoms with Crippen molar-refractivity contribution in [1.82, 2.24) is 10.2 Å². The van der Waals surface area contributed by atoms with Crippen LogP contribution in [-0.4, -0.2) is 29.2 Å². The summed E-state index contributed by atoms with van der Waals surface area (Å²) in [4.78, 5) is 23.8. The van der Waals surface area contributed by atoms with E-state index >= 15 is 0 Å². The van der Waals surface area contributed by atoms with Gasteiger partial charge in [-0.2, -0.15) is 0 Å². The van der Waals surface area contributed by atoms with Crippen LogP contribution in [0.25, 0.3) is 0 Å². The fourth-order valence-corrected chi connectivity index (χ4v) is 2.85. The third kappa shape index (κ3) is 4.76. The number of nitrogens with zero attached hydrogens (tertiary/aromatic N) is 2. The number of aromatic nitrogens is 2. The summed E-state index contributed by atoms with van der Waals surface area (Å²) in [5.74, 6) is -0.260. The molecular formula is C22H22N4O3. The minimum absolute atomic E-state index is 0.188. The lowest BCUT2D eigenvalue weighted by molar-refractivity contribution is 0.0600. The Balaban J connectivity index is 1.68. The van der Waals surface area contributed by atoms with Crippen LogP contribution >= 0.6 is 0 Å². The van der Waals surface area contributed by atoms with E-state index in [4.69, 9.17) is 0 Å². The smallest absolute Gasteiger partial charge is 0.337 e. The Morgan fingerprint density at radius 2 is 1.76 bits per heavy atom. The maximum Gasteiger partial charge on any atom is 0.337 e. The average molecular weight is 390 g/mol. The fourth-order valence-electron chi connectivity index (χ4n) is 2.85. The van der Waals surface area contributed by atoms with E-state index in [2.05, 4.69) is 38.6 Å². The van der Waals surface area contributed by atoms with Gasteiger partial charge in [0.25, 0.3) is 5.91 Å². The van der Waals surface area contributed by atoms with E-state index in [0.29, 0.717) is 17.1 Å². The highest BCUT2D eigenvalue weighted by Gasteiger charge is 2.11. The van der Waals surface area contributed by atoms with E-state index in [9.17, 15) is 9.59 Å². The summed E-state index contributed by atoms with van der Waals surface area (Å²) in [6.45, 7) is 4.12. The highest BCUT2D eigenvalue weighted by atomic mass is 16.5. The van der Waals surface area contributed by atoms with Crippen LogP contribution in [0.5, 0.6) is 0 Å². The quantitative estimate of drug-likeness (QED) is 0.615. The zero-order chi connectivity index (χ0) is 20.8. The SMILES string of the molecule is CCc1cccc(C)c1Nc1ccc(C(=O)Nc2ccc(C(=O)OC)cc2)nn1. The Labute approximate surface area is 169 Å². The molecule has 0 radical (unpaired) electrons. The van der Waals surface area contributed by atoms with Crippen molar-refractivity contribution in [1.29, 1.82) is 0 Å². The van der Waals surface area contributed by atoms with Crippen molar-refractivity contribution in [3.8, 4) is 0 Å². The zero-order valence-electron chi connectivity index (χ0n) is 16.5. The van der Waals surface area contributed by atoms with Gasteiger partial charge in [-0.3, -0.25) is 4.79 Å². The van der Waals surface area contributed by atoms with Gasteiger partial charge in [-0.05, 0) is 60.9 Å². The normalized spacial score (nSPS) is 10.3. The minimum Gasteiger partial charge on any atom is -0.465 e. The van der Waals surface area contributed by atoms with Crippen molar-refractivity contribution in [2.24, 2.45) is 0 Å². The van der Waals surface area contributed by atoms with E-state index in [-0.39, 0.29) is 11.6 Å². The summed E-state index contributed by atoms with van der Waals surface area (Å²) in [5.41, 5.74) is 4.44. The van der Waals surface area contributed by atoms with Crippen LogP contribution in [0.3, 0.4) is 0 Å². The molecule has 3 aromatic rings. The third-order valence-electron chi connectivity index (χ3n) is 4.45. The number of para-hydroxylation sites is 1. The van der Waals surface area contributed by atoms with Gasteiger partial charge in [-0.25, -0.2) is 4.79 Å². The van der Waals surface area contributed by atoms with Gasteiger partial charge in [0.05, 0.1) is 12.7 Å². The third-order valence-corrected chi connectivity index (χ3v) is 4.45. The summed E-state index contributed by atoms with van der Waals surface area (Å²) in [5, 5.41) is 14.1. The van der Waals surface area contributed by atoms with Crippen LogP contribution in [0.1, 0.15) is 38.9 Å². The first-order valence-corrected chi connectivity index (χ1v) is 9.20. The van der Waals surface area contributed by atoms with Crippen molar-refractivity contribution >= 4 is 29.1 Å². The van der Waals surface area contributed by atoms with E-state index in [1.165, 1.54) is 12.7 Å². The number of amides is 1. The minimum atomic E-state index is -0.434. The lowest BCUT2D eigenvalue weighted by atomic mass is 10.1. The molecule has 0 unspecified atom stereocenters. The molecule has 2 N–H and O–H groups in total. The Kier molecular flexibility index (Phi) is 6.19. The molecule has 1 amide bonds. The Morgan fingerprint density at radius 3 is 2.38 bits per heavy atom. The average Bonchev–Trinajstić information content (AvgIpc) is 2.75. The van der Waals surface area contributed by atoms with Crippen LogP contribution in [0.15, 0.2) is 54.6 Å². The first-order chi connectivity index (χ1) is 14.0. The second kappa shape index (κ2) is 8.97. The number of carbonyl (C=O) groups is 2. The molecule has 0 spiro atoms. The van der Waals surface area contributed by atoms with Crippen LogP contribution in [0.2, 0.25) is 0 Å². The fraction of sp³-hybridized carbons (Fsp3) is 0.182. The monoisotopic (exact) mass is 390 g/mol. The molecule has 2 aromatic carbocycles. The number of aryl methyl sites for hydroxylation is 2. The molecule has 1 aromatic heterocycles. The Morgan fingerprint density at radius 1 is 1.00 bits per heavy atom. The Hall–Kier alpha value is -3.74. The number of hydrogen-bond donors (Lipinski definition) is 2. The lowest BCUT2D eigenvalue weighted by Gasteiger charge is -2.13. The second-order valence-electron chi connectivity index (χ2n) is 6.41. The number of benzene rings is 2. The predicted octanol–water partition coefficient (Wildman–Crippen LogP) is 4.13. The number of esters is 1. The second-order valence-corrected chi connectivity index (χ2v) is 6.41. The largest absolute Gasteiger partial charge is 0.465 e. The van der Waals surface area contributed by atoms with Gasteiger partial charge in [0, 0.05) is 11.4 Å². The van der Waals surface area contributed by atoms with E-state index in [1.807, 2.05) is 19.1 Å². The number of ether oxygens (including phenoxy) is 1. The van der Waals surface area contributed by atoms with E-state index < -0.39 is 5.97 Å². The van der Waals surface area contributed by atoms with Crippen LogP contribution in [0, 0.1) is 6.92 Å². The van der Waals surface area contributed by atoms with Crippen molar-refractivity contribution in [2.75, 3.05) is 17.7 Å². The number of hydrogen-bond acceptors (Lipinski definition) is 6. The first-order valence-electron chi connectivity index (χ1n) is 9.20. The molecule has 3 rings (SSSR count). The molecule has 29 heavy (non-hydrogen) atoms. The summed E-state index contributed by atoms with van der Waals surface area (Å²) >= 11 is 0. The molecule has 0 bridgehead atoms. The summed E-state index contributed by atoms with van der Waals surface area (Å²) in [7, 11) is 1.32. The van der Waals surface area contributed by atoms with E-state index in [1.54, 1.807) is 36.4 Å². The van der Waals surface area contributed by atoms with Gasteiger partial charge in [0.15, 0.2) is 11.5 Å². The highest BCUT2D eigenvalue weighted by Crippen LogP contribution is 2.24. The van der Waals surface area contributed by atoms with E-state index in [0.717, 1.165) is 17.7 Å². The van der Waals surface area contributed by atoms with Gasteiger partial charge in [0.2, 0.25) is 0 Å². The topological polar surface area (TPSA) is 93.2 Å². The van der Waals surface area contributed by atoms with Crippen molar-refractivity contribution in [3.63, 3.8) is 0 Å². The van der Waals surface area contributed by atoms with Crippen LogP contribution in [0.4, 0.5) is 17.2 Å². The number of rotatable bonds is 6. The maximum atomic E-state index is 12.4. The van der Waals surface area contributed by atoms with Crippen molar-refractivity contribution in [2.45, 2.75) is 20.3 Å². The molecule has 1 heterocycles. The van der Waals surface area contributed by atoms with Crippen LogP contribution in [-0.2, 0) is 11.2 Å². The molecule has 7 nitrogen and oxygen atoms in total. The molecule has 148 valence electrons. The maximum absolute atomic E-state index is 12.4. The number of nitrogens with one attached hydrogen (secondary N) is 2. The molecule has 0 saturated carbocycles. The van der Waals surface area contributed by atoms with Gasteiger partial charge in [0.1, 0.15) is 0 Å². The molecule has 0 aliphatic rings. The lowest BCUT2D eigenvalue weighted by Crippen LogP contribution is -2.15. The molecule has 7 heteroatoms. The first kappa shape index (κ1) is 20.0. The van der Waals surface area contributed by atoms with Gasteiger partial charge >= 0.3 is 5.97 Å². The predicted molar refractivity (Wildman–Crippen MR) is 112 cm³/mol. The number of anilines is 3. The Bertz CT molecular complexity index is 1020. The molecule has 0 aliphatic carbocycles. The van der Waals surface area contributed by atoms with Crippen molar-refractivity contribution in [3.05, 3.63) is 77.0 Å². The number of carbonyl (C=O) groups excluding carboxylic acids is 2. The summed E-state index contributed by atoms with van der Waals surface area (Å²) < 4.78 is 4.65. The summed E-state index contributed by atoms with van der Waals surface area (Å²) in [6, 6.07) is 15.8.